The number of aliphatic hydroxyl groups is 1. The quantitative estimate of drug-likeness (QED) is 0.0514. The number of ketones is 1. The lowest BCUT2D eigenvalue weighted by molar-refractivity contribution is -0.162. The van der Waals surface area contributed by atoms with Crippen LogP contribution < -0.4 is 15.4 Å². The van der Waals surface area contributed by atoms with Gasteiger partial charge in [0.2, 0.25) is 23.6 Å². The van der Waals surface area contributed by atoms with Gasteiger partial charge in [-0.25, -0.2) is 14.4 Å². The van der Waals surface area contributed by atoms with Gasteiger partial charge < -0.3 is 58.3 Å². The predicted octanol–water partition coefficient (Wildman–Crippen LogP) is 5.40. The monoisotopic (exact) mass is 1230 g/mol. The molecule has 3 unspecified atom stereocenters. The fourth-order valence-corrected chi connectivity index (χ4v) is 12.1. The van der Waals surface area contributed by atoms with Crippen molar-refractivity contribution in [2.75, 3.05) is 80.2 Å². The fourth-order valence-electron chi connectivity index (χ4n) is 10.5. The van der Waals surface area contributed by atoms with Crippen LogP contribution in [0.1, 0.15) is 90.2 Å². The molecule has 84 heavy (non-hydrogen) atoms. The Kier molecular flexibility index (Phi) is 24.6. The maximum atomic E-state index is 14.1. The third-order valence-corrected chi connectivity index (χ3v) is 18.2. The predicted molar refractivity (Wildman–Crippen MR) is 313 cm³/mol. The van der Waals surface area contributed by atoms with Gasteiger partial charge in [-0.2, -0.15) is 11.8 Å². The van der Waals surface area contributed by atoms with E-state index in [1.807, 2.05) is 25.1 Å². The van der Waals surface area contributed by atoms with Crippen LogP contribution in [0.5, 0.6) is 5.75 Å². The molecule has 3 heterocycles. The summed E-state index contributed by atoms with van der Waals surface area (Å²) in [7, 11) is 7.46. The van der Waals surface area contributed by atoms with Crippen LogP contribution in [0.3, 0.4) is 0 Å². The van der Waals surface area contributed by atoms with E-state index in [0.29, 0.717) is 43.4 Å². The Bertz CT molecular complexity index is 2700. The van der Waals surface area contributed by atoms with Crippen LogP contribution in [-0.2, 0) is 70.0 Å². The van der Waals surface area contributed by atoms with Gasteiger partial charge in [-0.1, -0.05) is 66.2 Å². The van der Waals surface area contributed by atoms with Gasteiger partial charge in [0.25, 0.3) is 5.24 Å². The molecule has 11 atom stereocenters. The minimum absolute atomic E-state index is 0.0774. The summed E-state index contributed by atoms with van der Waals surface area (Å²) in [6.45, 7) is 7.25. The van der Waals surface area contributed by atoms with E-state index in [0.717, 1.165) is 22.9 Å². The van der Waals surface area contributed by atoms with Crippen LogP contribution in [0.4, 0.5) is 14.4 Å². The van der Waals surface area contributed by atoms with Crippen LogP contribution in [0, 0.1) is 5.92 Å². The number of ether oxygens (including phenoxy) is 7. The lowest BCUT2D eigenvalue weighted by Gasteiger charge is -2.42. The Balaban J connectivity index is 0.966. The number of epoxide rings is 1. The second-order valence-electron chi connectivity index (χ2n) is 22.1. The van der Waals surface area contributed by atoms with E-state index in [1.54, 1.807) is 58.5 Å². The molecule has 2 aliphatic carbocycles. The number of rotatable bonds is 19. The largest absolute Gasteiger partial charge is 0.495 e. The molecule has 464 valence electrons. The standard InChI is InChI=1S/C58H81ClN6O17S2/c1-34-14-11-19-45(77-9)58(75)32-43(80-54(72)61-58)35(2)51-57(4,82-51)46(30-39(66)29-38-27-37(26-34)28-42(76-8)50(38)59)81-53(71)36(3)64(7)48(68)20-25-84-56(74)63(6)24-23-62(5)55(73)79-41-17-12-15-40(16-13-18-41)78-33-47(67)60-21-22-65-49(69)31-44(83-10)52(65)70/h11-12,14,17,19,27-28,35-36,40-41,43-46,51,75H,13,15-16,18,20-26,29-33H2,1-10H3,(H,60,67)(H,61,72)/b17-12+,19-11+,34-14+/t35-,36+,40?,41?,43+,44?,45-,46+,51+,57+,58+/m1/s1. The Hall–Kier alpha value is -5.70. The van der Waals surface area contributed by atoms with Crippen molar-refractivity contribution in [1.82, 2.24) is 30.2 Å². The number of likely N-dealkylation sites (tertiary alicyclic amines) is 1. The van der Waals surface area contributed by atoms with Gasteiger partial charge >= 0.3 is 18.2 Å². The molecule has 0 aromatic heterocycles. The zero-order chi connectivity index (χ0) is 61.6. The Morgan fingerprint density at radius 3 is 2.45 bits per heavy atom. The Morgan fingerprint density at radius 1 is 1.01 bits per heavy atom. The highest BCUT2D eigenvalue weighted by Gasteiger charge is 2.64. The Labute approximate surface area is 504 Å². The van der Waals surface area contributed by atoms with E-state index < -0.39 is 77.9 Å². The fraction of sp³-hybridized carbons (Fsp3) is 0.638. The van der Waals surface area contributed by atoms with Crippen LogP contribution in [0.25, 0.3) is 0 Å². The van der Waals surface area contributed by atoms with Crippen molar-refractivity contribution in [3.05, 3.63) is 64.2 Å². The topological polar surface area (TPSA) is 279 Å². The minimum Gasteiger partial charge on any atom is -0.495 e. The van der Waals surface area contributed by atoms with Crippen LogP contribution in [0.2, 0.25) is 5.02 Å². The van der Waals surface area contributed by atoms with Gasteiger partial charge in [0, 0.05) is 98.2 Å². The van der Waals surface area contributed by atoms with E-state index >= 15 is 0 Å². The average Bonchev–Trinajstić information content (AvgIpc) is 2.30. The summed E-state index contributed by atoms with van der Waals surface area (Å²) < 4.78 is 41.0. The summed E-state index contributed by atoms with van der Waals surface area (Å²) in [6, 6.07) is 2.46. The number of hydrogen-bond donors (Lipinski definition) is 3. The van der Waals surface area contributed by atoms with E-state index in [4.69, 9.17) is 44.8 Å². The first-order chi connectivity index (χ1) is 39.8. The van der Waals surface area contributed by atoms with Gasteiger partial charge in [-0.05, 0) is 82.4 Å². The second kappa shape index (κ2) is 30.6. The van der Waals surface area contributed by atoms with Crippen molar-refractivity contribution < 1.29 is 81.4 Å². The number of Topliss-reactive ketones (excluding diaryl/α,β-unsaturated/α-hetero) is 1. The van der Waals surface area contributed by atoms with E-state index in [9.17, 15) is 48.3 Å². The molecule has 3 saturated heterocycles. The molecule has 6 rings (SSSR count). The second-order valence-corrected chi connectivity index (χ2v) is 24.6. The average molecular weight is 1230 g/mol. The molecule has 4 bridgehead atoms. The number of carbonyl (C=O) groups excluding carboxylic acids is 9. The number of imide groups is 1. The van der Waals surface area contributed by atoms with Gasteiger partial charge in [-0.3, -0.25) is 39.0 Å². The number of thioether (sulfide) groups is 2. The lowest BCUT2D eigenvalue weighted by atomic mass is 9.83. The molecule has 7 amide bonds. The number of benzene rings is 1. The van der Waals surface area contributed by atoms with E-state index in [1.165, 1.54) is 59.6 Å². The highest BCUT2D eigenvalue weighted by Crippen LogP contribution is 2.49. The summed E-state index contributed by atoms with van der Waals surface area (Å²) in [6.07, 6.45) is 6.90. The normalized spacial score (nSPS) is 29.0. The van der Waals surface area contributed by atoms with Crippen LogP contribution in [-0.4, -0.2) is 217 Å². The number of esters is 1. The summed E-state index contributed by atoms with van der Waals surface area (Å²) in [4.78, 5) is 123. The number of allylic oxidation sites excluding steroid dienone is 3. The zero-order valence-electron chi connectivity index (χ0n) is 49.5. The molecule has 0 spiro atoms. The maximum absolute atomic E-state index is 14.1. The number of carbonyl (C=O) groups is 9. The van der Waals surface area contributed by atoms with Crippen molar-refractivity contribution in [2.45, 2.75) is 151 Å². The highest BCUT2D eigenvalue weighted by atomic mass is 35.5. The number of alkyl carbamates (subject to hydrolysis) is 1. The number of nitrogens with zero attached hydrogens (tertiary/aromatic N) is 4. The minimum atomic E-state index is -1.88. The molecule has 26 heteroatoms. The lowest BCUT2D eigenvalue weighted by Crippen LogP contribution is -2.63. The molecule has 3 aliphatic heterocycles. The van der Waals surface area contributed by atoms with Crippen molar-refractivity contribution in [1.29, 1.82) is 0 Å². The molecule has 1 aromatic carbocycles. The molecule has 0 saturated carbocycles. The van der Waals surface area contributed by atoms with Gasteiger partial charge in [0.1, 0.15) is 54.2 Å². The number of likely N-dealkylation sites (N-methyl/N-ethyl adjacent to an activating group) is 3. The van der Waals surface area contributed by atoms with Crippen LogP contribution >= 0.6 is 35.1 Å². The molecule has 23 nitrogen and oxygen atoms in total. The maximum Gasteiger partial charge on any atom is 0.410 e. The molecule has 1 aromatic rings. The SMILES string of the molecule is COc1cc2cc(c1Cl)CC(=O)C[C@H](OC(=O)[C@H](C)N(C)C(=O)CCSC(=O)N(C)CCN(C)C(=O)OC1/C=C/CC(OCC(=O)NCCN3C(=O)CC(SC)C3=O)CCC1)[C@]1(C)O[C@H]1[C@H](C)[C@@H]1C[C@@](O)(NC(=O)O1)[C@H](OC)/C=C/C=C(\C)C2. The summed E-state index contributed by atoms with van der Waals surface area (Å²) in [5.41, 5.74) is -0.949. The van der Waals surface area contributed by atoms with Crippen molar-refractivity contribution in [3.8, 4) is 5.75 Å². The zero-order valence-corrected chi connectivity index (χ0v) is 51.9. The number of nitrogens with one attached hydrogen (secondary N) is 2. The van der Waals surface area contributed by atoms with E-state index in [2.05, 4.69) is 10.6 Å². The van der Waals surface area contributed by atoms with Crippen molar-refractivity contribution in [2.24, 2.45) is 5.92 Å². The summed E-state index contributed by atoms with van der Waals surface area (Å²) in [5.74, 6) is -2.60. The van der Waals surface area contributed by atoms with Gasteiger partial charge in [0.15, 0.2) is 5.72 Å². The first-order valence-electron chi connectivity index (χ1n) is 28.1. The van der Waals surface area contributed by atoms with Gasteiger partial charge in [-0.15, -0.1) is 0 Å². The number of hydrogen-bond acceptors (Lipinski definition) is 19. The third kappa shape index (κ3) is 17.9. The third-order valence-electron chi connectivity index (χ3n) is 15.9. The molecular formula is C58H81ClN6O17S2. The molecule has 3 N–H and O–H groups in total. The smallest absolute Gasteiger partial charge is 0.410 e. The van der Waals surface area contributed by atoms with Crippen molar-refractivity contribution in [3.63, 3.8) is 0 Å². The highest BCUT2D eigenvalue weighted by molar-refractivity contribution is 8.13. The summed E-state index contributed by atoms with van der Waals surface area (Å²) >= 11 is 9.01. The van der Waals surface area contributed by atoms with Gasteiger partial charge in [0.05, 0.1) is 29.6 Å². The van der Waals surface area contributed by atoms with Crippen molar-refractivity contribution >= 4 is 87.9 Å². The Morgan fingerprint density at radius 2 is 1.75 bits per heavy atom. The number of fused-ring (bicyclic) bond motifs is 5. The first kappa shape index (κ1) is 67.4. The first-order valence-corrected chi connectivity index (χ1v) is 30.8. The molecule has 5 aliphatic rings. The summed E-state index contributed by atoms with van der Waals surface area (Å²) in [5, 5.41) is 16.6. The number of halogens is 1. The number of amides is 7. The number of methoxy groups -OCH3 is 2. The molecule has 0 radical (unpaired) electrons. The van der Waals surface area contributed by atoms with E-state index in [-0.39, 0.29) is 116 Å². The van der Waals surface area contributed by atoms with Crippen LogP contribution in [0.15, 0.2) is 48.1 Å². The molecule has 3 fully saturated rings. The molecular weight excluding hydrogens is 1150 g/mol.